The second-order valence-corrected chi connectivity index (χ2v) is 6.91. The number of hydrogen-bond acceptors (Lipinski definition) is 3. The third kappa shape index (κ3) is 6.02. The van der Waals surface area contributed by atoms with Crippen LogP contribution in [-0.2, 0) is 20.6 Å². The zero-order valence-electron chi connectivity index (χ0n) is 12.1. The predicted molar refractivity (Wildman–Crippen MR) is 80.4 cm³/mol. The first kappa shape index (κ1) is 16.4. The number of rotatable bonds is 6. The summed E-state index contributed by atoms with van der Waals surface area (Å²) in [5, 5.41) is 0. The van der Waals surface area contributed by atoms with Crippen LogP contribution in [0.2, 0.25) is 0 Å². The van der Waals surface area contributed by atoms with Crippen molar-refractivity contribution >= 4 is 15.9 Å². The van der Waals surface area contributed by atoms with Crippen molar-refractivity contribution < 1.29 is 13.2 Å². The van der Waals surface area contributed by atoms with Gasteiger partial charge in [-0.3, -0.25) is 4.79 Å². The Morgan fingerprint density at radius 2 is 1.85 bits per heavy atom. The smallest absolute Gasteiger partial charge is 0.260 e. The molecule has 0 radical (unpaired) electrons. The Hall–Kier alpha value is -1.62. The van der Waals surface area contributed by atoms with E-state index in [0.29, 0.717) is 17.1 Å². The van der Waals surface area contributed by atoms with Crippen LogP contribution in [0, 0.1) is 5.92 Å². The van der Waals surface area contributed by atoms with Crippen molar-refractivity contribution in [2.45, 2.75) is 32.9 Å². The van der Waals surface area contributed by atoms with E-state index >= 15 is 0 Å². The van der Waals surface area contributed by atoms with Gasteiger partial charge in [-0.2, -0.15) is 0 Å². The van der Waals surface area contributed by atoms with Gasteiger partial charge in [-0.1, -0.05) is 50.3 Å². The van der Waals surface area contributed by atoms with Gasteiger partial charge in [0.15, 0.2) is 0 Å². The summed E-state index contributed by atoms with van der Waals surface area (Å²) in [4.78, 5) is 11.8. The maximum Gasteiger partial charge on any atom is 0.260 e. The third-order valence-corrected chi connectivity index (χ3v) is 3.91. The van der Waals surface area contributed by atoms with Gasteiger partial charge in [-0.15, -0.1) is 0 Å². The van der Waals surface area contributed by atoms with Crippen LogP contribution in [0.1, 0.15) is 32.8 Å². The fraction of sp³-hybridized carbons (Fsp3) is 0.400. The molecule has 0 spiro atoms. The van der Waals surface area contributed by atoms with Gasteiger partial charge in [0.05, 0.1) is 5.75 Å². The number of amides is 1. The third-order valence-electron chi connectivity index (χ3n) is 2.70. The zero-order chi connectivity index (χ0) is 15.2. The standard InChI is InChI=1S/C15H21NO3S/c1-12(2)9-10-13(3)15(17)16-20(18,19)11-14-7-5-4-6-8-14/h4-8,10,12H,9,11H2,1-3H3,(H,16,17). The highest BCUT2D eigenvalue weighted by Gasteiger charge is 2.16. The summed E-state index contributed by atoms with van der Waals surface area (Å²) >= 11 is 0. The first-order valence-corrected chi connectivity index (χ1v) is 8.21. The molecule has 1 aromatic rings. The van der Waals surface area contributed by atoms with Crippen LogP contribution in [-0.4, -0.2) is 14.3 Å². The average molecular weight is 295 g/mol. The van der Waals surface area contributed by atoms with E-state index in [1.807, 2.05) is 19.9 Å². The van der Waals surface area contributed by atoms with Crippen LogP contribution >= 0.6 is 0 Å². The van der Waals surface area contributed by atoms with Crippen molar-refractivity contribution in [2.24, 2.45) is 5.92 Å². The molecule has 0 aliphatic rings. The molecule has 1 amide bonds. The van der Waals surface area contributed by atoms with E-state index < -0.39 is 15.9 Å². The summed E-state index contributed by atoms with van der Waals surface area (Å²) < 4.78 is 25.9. The lowest BCUT2D eigenvalue weighted by Crippen LogP contribution is -2.32. The average Bonchev–Trinajstić information content (AvgIpc) is 2.35. The Balaban J connectivity index is 2.67. The summed E-state index contributed by atoms with van der Waals surface area (Å²) in [5.41, 5.74) is 1.08. The number of sulfonamides is 1. The van der Waals surface area contributed by atoms with E-state index in [1.54, 1.807) is 37.3 Å². The van der Waals surface area contributed by atoms with Gasteiger partial charge in [0, 0.05) is 5.57 Å². The van der Waals surface area contributed by atoms with Gasteiger partial charge in [-0.25, -0.2) is 13.1 Å². The van der Waals surface area contributed by atoms with E-state index in [2.05, 4.69) is 4.72 Å². The summed E-state index contributed by atoms with van der Waals surface area (Å²) in [6.07, 6.45) is 2.51. The number of allylic oxidation sites excluding steroid dienone is 1. The van der Waals surface area contributed by atoms with Crippen LogP contribution in [0.25, 0.3) is 0 Å². The van der Waals surface area contributed by atoms with Gasteiger partial charge < -0.3 is 0 Å². The number of hydrogen-bond donors (Lipinski definition) is 1. The molecule has 0 aromatic heterocycles. The number of benzene rings is 1. The SMILES string of the molecule is CC(=CCC(C)C)C(=O)NS(=O)(=O)Cc1ccccc1. The van der Waals surface area contributed by atoms with Crippen LogP contribution in [0.3, 0.4) is 0 Å². The molecule has 0 heterocycles. The predicted octanol–water partition coefficient (Wildman–Crippen LogP) is 2.63. The molecule has 5 heteroatoms. The van der Waals surface area contributed by atoms with Gasteiger partial charge >= 0.3 is 0 Å². The highest BCUT2D eigenvalue weighted by atomic mass is 32.2. The summed E-state index contributed by atoms with van der Waals surface area (Å²) in [6, 6.07) is 8.77. The Kier molecular flexibility index (Phi) is 5.95. The first-order valence-electron chi connectivity index (χ1n) is 6.55. The first-order chi connectivity index (χ1) is 9.30. The molecular formula is C15H21NO3S. The molecule has 4 nitrogen and oxygen atoms in total. The van der Waals surface area contributed by atoms with E-state index in [1.165, 1.54) is 0 Å². The molecule has 0 bridgehead atoms. The summed E-state index contributed by atoms with van der Waals surface area (Å²) in [6.45, 7) is 5.69. The molecule has 1 aromatic carbocycles. The maximum atomic E-state index is 11.9. The fourth-order valence-electron chi connectivity index (χ4n) is 1.56. The van der Waals surface area contributed by atoms with Crippen LogP contribution in [0.5, 0.6) is 0 Å². The van der Waals surface area contributed by atoms with Crippen LogP contribution in [0.15, 0.2) is 42.0 Å². The molecule has 0 fully saturated rings. The lowest BCUT2D eigenvalue weighted by molar-refractivity contribution is -0.115. The molecule has 0 aliphatic carbocycles. The molecule has 20 heavy (non-hydrogen) atoms. The van der Waals surface area contributed by atoms with Crippen molar-refractivity contribution in [2.75, 3.05) is 0 Å². The van der Waals surface area contributed by atoms with Crippen molar-refractivity contribution in [1.29, 1.82) is 0 Å². The largest absolute Gasteiger partial charge is 0.269 e. The van der Waals surface area contributed by atoms with E-state index in [0.717, 1.165) is 6.42 Å². The second kappa shape index (κ2) is 7.24. The minimum Gasteiger partial charge on any atom is -0.269 e. The zero-order valence-corrected chi connectivity index (χ0v) is 12.9. The van der Waals surface area contributed by atoms with E-state index in [-0.39, 0.29) is 5.75 Å². The minimum absolute atomic E-state index is 0.197. The molecule has 0 saturated heterocycles. The molecule has 1 rings (SSSR count). The van der Waals surface area contributed by atoms with Gasteiger partial charge in [0.2, 0.25) is 10.0 Å². The van der Waals surface area contributed by atoms with Crippen molar-refractivity contribution in [3.63, 3.8) is 0 Å². The summed E-state index contributed by atoms with van der Waals surface area (Å²) in [7, 11) is -3.66. The van der Waals surface area contributed by atoms with Gasteiger partial charge in [0.25, 0.3) is 5.91 Å². The molecule has 0 unspecified atom stereocenters. The monoisotopic (exact) mass is 295 g/mol. The van der Waals surface area contributed by atoms with Crippen molar-refractivity contribution in [3.8, 4) is 0 Å². The maximum absolute atomic E-state index is 11.9. The Labute approximate surface area is 120 Å². The summed E-state index contributed by atoms with van der Waals surface area (Å²) in [5.74, 6) is -0.322. The van der Waals surface area contributed by atoms with E-state index in [9.17, 15) is 13.2 Å². The fourth-order valence-corrected chi connectivity index (χ4v) is 2.70. The topological polar surface area (TPSA) is 63.2 Å². The van der Waals surface area contributed by atoms with E-state index in [4.69, 9.17) is 0 Å². The lowest BCUT2D eigenvalue weighted by atomic mass is 10.1. The molecule has 0 atom stereocenters. The normalized spacial score (nSPS) is 12.5. The molecular weight excluding hydrogens is 274 g/mol. The van der Waals surface area contributed by atoms with Crippen molar-refractivity contribution in [1.82, 2.24) is 4.72 Å². The molecule has 110 valence electrons. The second-order valence-electron chi connectivity index (χ2n) is 5.19. The highest BCUT2D eigenvalue weighted by molar-refractivity contribution is 7.89. The Morgan fingerprint density at radius 3 is 2.40 bits per heavy atom. The molecule has 1 N–H and O–H groups in total. The molecule has 0 saturated carbocycles. The molecule has 0 aliphatic heterocycles. The minimum atomic E-state index is -3.66. The van der Waals surface area contributed by atoms with Gasteiger partial charge in [0.1, 0.15) is 0 Å². The quantitative estimate of drug-likeness (QED) is 0.821. The number of carbonyl (C=O) groups excluding carboxylic acids is 1. The number of nitrogens with one attached hydrogen (secondary N) is 1. The Bertz CT molecular complexity index is 574. The number of carbonyl (C=O) groups is 1. The Morgan fingerprint density at radius 1 is 1.25 bits per heavy atom. The van der Waals surface area contributed by atoms with Crippen molar-refractivity contribution in [3.05, 3.63) is 47.5 Å². The van der Waals surface area contributed by atoms with Gasteiger partial charge in [-0.05, 0) is 24.8 Å². The van der Waals surface area contributed by atoms with Crippen LogP contribution in [0.4, 0.5) is 0 Å². The lowest BCUT2D eigenvalue weighted by Gasteiger charge is -2.08. The highest BCUT2D eigenvalue weighted by Crippen LogP contribution is 2.07. The van der Waals surface area contributed by atoms with Crippen LogP contribution < -0.4 is 4.72 Å².